The second kappa shape index (κ2) is 7.48. The molecule has 0 fully saturated rings. The van der Waals surface area contributed by atoms with Gasteiger partial charge in [-0.3, -0.25) is 4.90 Å². The summed E-state index contributed by atoms with van der Waals surface area (Å²) < 4.78 is 0. The van der Waals surface area contributed by atoms with Crippen molar-refractivity contribution in [3.63, 3.8) is 0 Å². The van der Waals surface area contributed by atoms with Gasteiger partial charge in [0.05, 0.1) is 0 Å². The fourth-order valence-corrected chi connectivity index (χ4v) is 2.07. The van der Waals surface area contributed by atoms with Crippen molar-refractivity contribution in [2.75, 3.05) is 13.1 Å². The Kier molecular flexibility index (Phi) is 6.26. The molecule has 94 valence electrons. The molecular formula is C13H22BNO2. The van der Waals surface area contributed by atoms with Crippen molar-refractivity contribution in [1.82, 2.24) is 4.90 Å². The van der Waals surface area contributed by atoms with Crippen molar-refractivity contribution in [2.24, 2.45) is 0 Å². The molecule has 1 rings (SSSR count). The van der Waals surface area contributed by atoms with Crippen molar-refractivity contribution in [3.05, 3.63) is 29.8 Å². The molecule has 0 saturated heterocycles. The number of hydrogen-bond donors (Lipinski definition) is 2. The zero-order valence-electron chi connectivity index (χ0n) is 10.8. The third kappa shape index (κ3) is 4.50. The lowest BCUT2D eigenvalue weighted by Crippen LogP contribution is -2.36. The minimum atomic E-state index is -1.38. The van der Waals surface area contributed by atoms with Crippen molar-refractivity contribution in [1.29, 1.82) is 0 Å². The minimum absolute atomic E-state index is 0.615. The van der Waals surface area contributed by atoms with Crippen LogP contribution in [-0.4, -0.2) is 35.2 Å². The van der Waals surface area contributed by atoms with Crippen LogP contribution in [0.1, 0.15) is 32.3 Å². The molecule has 0 saturated carbocycles. The van der Waals surface area contributed by atoms with Gasteiger partial charge in [0.15, 0.2) is 0 Å². The predicted octanol–water partition coefficient (Wildman–Crippen LogP) is 0.988. The van der Waals surface area contributed by atoms with E-state index in [1.54, 1.807) is 6.07 Å². The summed E-state index contributed by atoms with van der Waals surface area (Å²) in [5, 5.41) is 18.6. The fourth-order valence-electron chi connectivity index (χ4n) is 2.07. The van der Waals surface area contributed by atoms with Gasteiger partial charge >= 0.3 is 7.12 Å². The summed E-state index contributed by atoms with van der Waals surface area (Å²) in [7, 11) is -1.38. The molecule has 0 aromatic heterocycles. The molecule has 3 nitrogen and oxygen atoms in total. The topological polar surface area (TPSA) is 43.7 Å². The minimum Gasteiger partial charge on any atom is -0.423 e. The van der Waals surface area contributed by atoms with Gasteiger partial charge < -0.3 is 10.0 Å². The third-order valence-corrected chi connectivity index (χ3v) is 2.81. The van der Waals surface area contributed by atoms with Crippen LogP contribution in [0, 0.1) is 0 Å². The predicted molar refractivity (Wildman–Crippen MR) is 72.1 cm³/mol. The largest absolute Gasteiger partial charge is 0.488 e. The number of rotatable bonds is 7. The Hall–Kier alpha value is -0.835. The molecule has 0 aliphatic heterocycles. The van der Waals surface area contributed by atoms with Crippen LogP contribution in [0.4, 0.5) is 0 Å². The van der Waals surface area contributed by atoms with Crippen LogP contribution >= 0.6 is 0 Å². The highest BCUT2D eigenvalue weighted by Gasteiger charge is 2.16. The summed E-state index contributed by atoms with van der Waals surface area (Å²) in [6.45, 7) is 7.20. The Balaban J connectivity index is 2.77. The maximum absolute atomic E-state index is 9.31. The summed E-state index contributed by atoms with van der Waals surface area (Å²) in [4.78, 5) is 2.35. The average Bonchev–Trinajstić information content (AvgIpc) is 2.30. The summed E-state index contributed by atoms with van der Waals surface area (Å²) in [6, 6.07) is 7.52. The van der Waals surface area contributed by atoms with E-state index in [0.717, 1.165) is 38.0 Å². The molecule has 0 aliphatic carbocycles. The van der Waals surface area contributed by atoms with Gasteiger partial charge in [0.1, 0.15) is 0 Å². The first-order valence-electron chi connectivity index (χ1n) is 6.35. The van der Waals surface area contributed by atoms with Crippen LogP contribution in [0.3, 0.4) is 0 Å². The molecule has 0 spiro atoms. The van der Waals surface area contributed by atoms with Gasteiger partial charge in [-0.25, -0.2) is 0 Å². The molecule has 0 amide bonds. The highest BCUT2D eigenvalue weighted by Crippen LogP contribution is 2.05. The summed E-state index contributed by atoms with van der Waals surface area (Å²) >= 11 is 0. The first kappa shape index (κ1) is 14.2. The van der Waals surface area contributed by atoms with E-state index in [0.29, 0.717) is 5.46 Å². The number of hydrogen-bond acceptors (Lipinski definition) is 3. The lowest BCUT2D eigenvalue weighted by Gasteiger charge is -2.22. The van der Waals surface area contributed by atoms with Gasteiger partial charge in [0.2, 0.25) is 0 Å². The summed E-state index contributed by atoms with van der Waals surface area (Å²) in [5.74, 6) is 0. The Labute approximate surface area is 104 Å². The highest BCUT2D eigenvalue weighted by atomic mass is 16.4. The van der Waals surface area contributed by atoms with Gasteiger partial charge in [0.25, 0.3) is 0 Å². The average molecular weight is 235 g/mol. The molecule has 1 aromatic rings. The summed E-state index contributed by atoms with van der Waals surface area (Å²) in [5.41, 5.74) is 1.62. The molecule has 0 atom stereocenters. The Morgan fingerprint density at radius 1 is 1.06 bits per heavy atom. The van der Waals surface area contributed by atoms with Gasteiger partial charge in [-0.05, 0) is 37.0 Å². The van der Waals surface area contributed by atoms with Gasteiger partial charge in [0, 0.05) is 6.54 Å². The van der Waals surface area contributed by atoms with Crippen LogP contribution in [0.25, 0.3) is 0 Å². The van der Waals surface area contributed by atoms with Crippen LogP contribution in [0.2, 0.25) is 0 Å². The van der Waals surface area contributed by atoms with Crippen LogP contribution < -0.4 is 5.46 Å². The van der Waals surface area contributed by atoms with E-state index in [9.17, 15) is 10.0 Å². The first-order chi connectivity index (χ1) is 8.19. The Morgan fingerprint density at radius 2 is 1.65 bits per heavy atom. The lowest BCUT2D eigenvalue weighted by atomic mass is 9.77. The lowest BCUT2D eigenvalue weighted by molar-refractivity contribution is 0.267. The van der Waals surface area contributed by atoms with E-state index >= 15 is 0 Å². The fraction of sp³-hybridized carbons (Fsp3) is 0.538. The van der Waals surface area contributed by atoms with Crippen molar-refractivity contribution < 1.29 is 10.0 Å². The molecule has 1 aromatic carbocycles. The van der Waals surface area contributed by atoms with Crippen LogP contribution in [-0.2, 0) is 6.54 Å². The highest BCUT2D eigenvalue weighted by molar-refractivity contribution is 6.59. The molecule has 17 heavy (non-hydrogen) atoms. The monoisotopic (exact) mass is 235 g/mol. The molecule has 0 radical (unpaired) electrons. The van der Waals surface area contributed by atoms with Crippen LogP contribution in [0.5, 0.6) is 0 Å². The molecule has 0 bridgehead atoms. The maximum atomic E-state index is 9.31. The van der Waals surface area contributed by atoms with Gasteiger partial charge in [-0.1, -0.05) is 38.1 Å². The molecule has 2 N–H and O–H groups in total. The first-order valence-corrected chi connectivity index (χ1v) is 6.35. The summed E-state index contributed by atoms with van der Waals surface area (Å²) in [6.07, 6.45) is 2.23. The smallest absolute Gasteiger partial charge is 0.423 e. The molecular weight excluding hydrogens is 213 g/mol. The maximum Gasteiger partial charge on any atom is 0.488 e. The number of benzene rings is 1. The number of nitrogens with zero attached hydrogens (tertiary/aromatic N) is 1. The third-order valence-electron chi connectivity index (χ3n) is 2.81. The van der Waals surface area contributed by atoms with Crippen molar-refractivity contribution >= 4 is 12.6 Å². The van der Waals surface area contributed by atoms with Crippen molar-refractivity contribution in [3.8, 4) is 0 Å². The molecule has 0 aliphatic rings. The van der Waals surface area contributed by atoms with Gasteiger partial charge in [-0.2, -0.15) is 0 Å². The van der Waals surface area contributed by atoms with E-state index < -0.39 is 7.12 Å². The van der Waals surface area contributed by atoms with E-state index in [1.165, 1.54) is 0 Å². The second-order valence-corrected chi connectivity index (χ2v) is 4.35. The molecule has 0 heterocycles. The zero-order valence-corrected chi connectivity index (χ0v) is 10.8. The zero-order chi connectivity index (χ0) is 12.7. The Morgan fingerprint density at radius 3 is 2.18 bits per heavy atom. The molecule has 4 heteroatoms. The molecule has 0 unspecified atom stereocenters. The van der Waals surface area contributed by atoms with E-state index in [2.05, 4.69) is 18.7 Å². The standard InChI is InChI=1S/C13H22BNO2/c1-3-9-15(10-4-2)11-12-7-5-6-8-13(12)14(16)17/h5-8,16-17H,3-4,9-11H2,1-2H3. The van der Waals surface area contributed by atoms with E-state index in [4.69, 9.17) is 0 Å². The van der Waals surface area contributed by atoms with E-state index in [1.807, 2.05) is 18.2 Å². The SMILES string of the molecule is CCCN(CCC)Cc1ccccc1B(O)O. The van der Waals surface area contributed by atoms with Crippen LogP contribution in [0.15, 0.2) is 24.3 Å². The van der Waals surface area contributed by atoms with E-state index in [-0.39, 0.29) is 0 Å². The normalized spacial score (nSPS) is 10.9. The van der Waals surface area contributed by atoms with Crippen molar-refractivity contribution in [2.45, 2.75) is 33.2 Å². The Bertz CT molecular complexity index is 325. The second-order valence-electron chi connectivity index (χ2n) is 4.35. The van der Waals surface area contributed by atoms with Gasteiger partial charge in [-0.15, -0.1) is 0 Å². The quantitative estimate of drug-likeness (QED) is 0.692.